The Morgan fingerprint density at radius 3 is 3.12 bits per heavy atom. The van der Waals surface area contributed by atoms with Gasteiger partial charge in [-0.05, 0) is 11.4 Å². The molecule has 1 nitrogen and oxygen atoms in total. The highest BCUT2D eigenvalue weighted by molar-refractivity contribution is 7.10. The summed E-state index contributed by atoms with van der Waals surface area (Å²) in [5.41, 5.74) is 5.27. The number of hydrogen-bond donors (Lipinski definition) is 1. The zero-order valence-corrected chi connectivity index (χ0v) is 5.32. The van der Waals surface area contributed by atoms with Crippen molar-refractivity contribution in [1.29, 1.82) is 0 Å². The predicted molar refractivity (Wildman–Crippen MR) is 36.8 cm³/mol. The molecule has 2 heteroatoms. The van der Waals surface area contributed by atoms with Crippen molar-refractivity contribution in [2.24, 2.45) is 5.73 Å². The largest absolute Gasteiger partial charge is 0.330 e. The van der Waals surface area contributed by atoms with E-state index in [4.69, 9.17) is 5.73 Å². The highest BCUT2D eigenvalue weighted by Gasteiger charge is 1.87. The summed E-state index contributed by atoms with van der Waals surface area (Å²) in [7, 11) is 0. The number of rotatable bonds is 2. The molecule has 0 aliphatic carbocycles. The summed E-state index contributed by atoms with van der Waals surface area (Å²) >= 11 is 1.71. The molecule has 1 aromatic rings. The minimum Gasteiger partial charge on any atom is -0.330 e. The molecular formula is C6H8NS. The molecule has 0 amide bonds. The van der Waals surface area contributed by atoms with Gasteiger partial charge in [0.25, 0.3) is 0 Å². The monoisotopic (exact) mass is 126 g/mol. The Balaban J connectivity index is 2.50. The van der Waals surface area contributed by atoms with Crippen molar-refractivity contribution in [2.75, 3.05) is 6.54 Å². The first-order valence-electron chi connectivity index (χ1n) is 2.50. The number of hydrogen-bond acceptors (Lipinski definition) is 2. The van der Waals surface area contributed by atoms with Crippen LogP contribution in [-0.2, 0) is 0 Å². The number of thiophene rings is 1. The fourth-order valence-corrected chi connectivity index (χ4v) is 1.19. The SMILES string of the molecule is NC[CH]c1cccs1. The van der Waals surface area contributed by atoms with Crippen LogP contribution >= 0.6 is 11.3 Å². The van der Waals surface area contributed by atoms with Crippen LogP contribution < -0.4 is 5.73 Å². The van der Waals surface area contributed by atoms with E-state index in [-0.39, 0.29) is 0 Å². The minimum atomic E-state index is 0.639. The fraction of sp³-hybridized carbons (Fsp3) is 0.167. The average molecular weight is 126 g/mol. The molecule has 8 heavy (non-hydrogen) atoms. The molecule has 43 valence electrons. The van der Waals surface area contributed by atoms with E-state index in [2.05, 4.69) is 6.07 Å². The van der Waals surface area contributed by atoms with E-state index >= 15 is 0 Å². The fourth-order valence-electron chi connectivity index (χ4n) is 0.524. The smallest absolute Gasteiger partial charge is 0.0144 e. The average Bonchev–Trinajstić information content (AvgIpc) is 2.19. The van der Waals surface area contributed by atoms with Gasteiger partial charge in [-0.25, -0.2) is 0 Å². The summed E-state index contributed by atoms with van der Waals surface area (Å²) in [4.78, 5) is 1.26. The second kappa shape index (κ2) is 2.84. The van der Waals surface area contributed by atoms with Gasteiger partial charge in [0, 0.05) is 17.8 Å². The van der Waals surface area contributed by atoms with E-state index in [0.717, 1.165) is 0 Å². The van der Waals surface area contributed by atoms with E-state index in [1.807, 2.05) is 17.9 Å². The third-order valence-electron chi connectivity index (χ3n) is 0.862. The Kier molecular flexibility index (Phi) is 2.06. The van der Waals surface area contributed by atoms with Crippen LogP contribution in [0.1, 0.15) is 4.88 Å². The Labute approximate surface area is 53.1 Å². The van der Waals surface area contributed by atoms with Crippen LogP contribution in [0.4, 0.5) is 0 Å². The highest BCUT2D eigenvalue weighted by Crippen LogP contribution is 2.08. The van der Waals surface area contributed by atoms with Crippen LogP contribution in [0.15, 0.2) is 17.5 Å². The van der Waals surface area contributed by atoms with E-state index < -0.39 is 0 Å². The highest BCUT2D eigenvalue weighted by atomic mass is 32.1. The topological polar surface area (TPSA) is 26.0 Å². The quantitative estimate of drug-likeness (QED) is 0.634. The molecule has 0 aliphatic heterocycles. The van der Waals surface area contributed by atoms with Crippen molar-refractivity contribution in [3.8, 4) is 0 Å². The molecular weight excluding hydrogens is 118 g/mol. The molecule has 1 rings (SSSR count). The van der Waals surface area contributed by atoms with Crippen molar-refractivity contribution in [1.82, 2.24) is 0 Å². The third kappa shape index (κ3) is 1.32. The lowest BCUT2D eigenvalue weighted by Gasteiger charge is -1.85. The molecule has 2 N–H and O–H groups in total. The molecule has 0 saturated carbocycles. The second-order valence-corrected chi connectivity index (χ2v) is 2.43. The molecule has 0 aromatic carbocycles. The normalized spacial score (nSPS) is 9.62. The molecule has 1 radical (unpaired) electrons. The van der Waals surface area contributed by atoms with Gasteiger partial charge in [0.2, 0.25) is 0 Å². The maximum Gasteiger partial charge on any atom is 0.0144 e. The van der Waals surface area contributed by atoms with Gasteiger partial charge in [-0.2, -0.15) is 0 Å². The molecule has 1 aromatic heterocycles. The molecule has 0 atom stereocenters. The molecule has 0 aliphatic rings. The number of nitrogens with two attached hydrogens (primary N) is 1. The summed E-state index contributed by atoms with van der Waals surface area (Å²) in [5, 5.41) is 2.04. The summed E-state index contributed by atoms with van der Waals surface area (Å²) < 4.78 is 0. The van der Waals surface area contributed by atoms with Crippen LogP contribution in [0.25, 0.3) is 0 Å². The lowest BCUT2D eigenvalue weighted by molar-refractivity contribution is 1.18. The first-order chi connectivity index (χ1) is 3.93. The Morgan fingerprint density at radius 1 is 1.75 bits per heavy atom. The van der Waals surface area contributed by atoms with E-state index in [9.17, 15) is 0 Å². The Bertz CT molecular complexity index is 134. The van der Waals surface area contributed by atoms with Crippen LogP contribution in [0.5, 0.6) is 0 Å². The molecule has 1 heterocycles. The standard InChI is InChI=1S/C6H8NS/c7-4-3-6-2-1-5-8-6/h1-3,5H,4,7H2. The van der Waals surface area contributed by atoms with E-state index in [1.165, 1.54) is 4.88 Å². The van der Waals surface area contributed by atoms with Crippen LogP contribution in [-0.4, -0.2) is 6.54 Å². The van der Waals surface area contributed by atoms with E-state index in [0.29, 0.717) is 6.54 Å². The van der Waals surface area contributed by atoms with Gasteiger partial charge in [-0.1, -0.05) is 6.07 Å². The Morgan fingerprint density at radius 2 is 2.62 bits per heavy atom. The van der Waals surface area contributed by atoms with Crippen molar-refractivity contribution < 1.29 is 0 Å². The third-order valence-corrected chi connectivity index (χ3v) is 1.73. The molecule has 0 saturated heterocycles. The summed E-state index contributed by atoms with van der Waals surface area (Å²) in [6.07, 6.45) is 2.00. The maximum absolute atomic E-state index is 5.27. The van der Waals surface area contributed by atoms with Crippen molar-refractivity contribution in [3.05, 3.63) is 28.8 Å². The van der Waals surface area contributed by atoms with Gasteiger partial charge >= 0.3 is 0 Å². The molecule has 0 unspecified atom stereocenters. The zero-order chi connectivity index (χ0) is 5.82. The van der Waals surface area contributed by atoms with Gasteiger partial charge < -0.3 is 5.73 Å². The Hall–Kier alpha value is -0.340. The molecule has 0 fully saturated rings. The van der Waals surface area contributed by atoms with Gasteiger partial charge in [0.1, 0.15) is 0 Å². The van der Waals surface area contributed by atoms with Crippen LogP contribution in [0, 0.1) is 6.42 Å². The van der Waals surface area contributed by atoms with Crippen LogP contribution in [0.2, 0.25) is 0 Å². The van der Waals surface area contributed by atoms with Gasteiger partial charge in [0.05, 0.1) is 0 Å². The lowest BCUT2D eigenvalue weighted by Crippen LogP contribution is -1.97. The summed E-state index contributed by atoms with van der Waals surface area (Å²) in [6, 6.07) is 4.07. The first kappa shape index (κ1) is 5.79. The van der Waals surface area contributed by atoms with Gasteiger partial charge in [-0.15, -0.1) is 11.3 Å². The first-order valence-corrected chi connectivity index (χ1v) is 3.38. The van der Waals surface area contributed by atoms with Crippen LogP contribution in [0.3, 0.4) is 0 Å². The van der Waals surface area contributed by atoms with Crippen molar-refractivity contribution in [2.45, 2.75) is 0 Å². The maximum atomic E-state index is 5.27. The second-order valence-electron chi connectivity index (χ2n) is 1.46. The molecule has 0 spiro atoms. The van der Waals surface area contributed by atoms with E-state index in [1.54, 1.807) is 11.3 Å². The van der Waals surface area contributed by atoms with Gasteiger partial charge in [-0.3, -0.25) is 0 Å². The lowest BCUT2D eigenvalue weighted by atomic mass is 10.3. The predicted octanol–water partition coefficient (Wildman–Crippen LogP) is 1.26. The van der Waals surface area contributed by atoms with Crippen molar-refractivity contribution >= 4 is 11.3 Å². The summed E-state index contributed by atoms with van der Waals surface area (Å²) in [5.74, 6) is 0. The minimum absolute atomic E-state index is 0.639. The zero-order valence-electron chi connectivity index (χ0n) is 4.50. The molecule has 0 bridgehead atoms. The van der Waals surface area contributed by atoms with Gasteiger partial charge in [0.15, 0.2) is 0 Å². The van der Waals surface area contributed by atoms with Crippen molar-refractivity contribution in [3.63, 3.8) is 0 Å². The summed E-state index contributed by atoms with van der Waals surface area (Å²) in [6.45, 7) is 0.639.